The molecule has 0 spiro atoms. The van der Waals surface area contributed by atoms with Crippen LogP contribution in [0, 0.1) is 0 Å². The highest BCUT2D eigenvalue weighted by Gasteiger charge is 2.45. The standard InChI is InChI=1S/C17H22F3N3O2/c1-25-14-11-23(16(14)12-2-6-21-7-3-12)13-4-8-22(9-5-13)15(24)10-17(18,19)20/h2-3,6-7,13-14,16H,4-5,8-11H2,1H3/t14-,16-/m0/s1. The summed E-state index contributed by atoms with van der Waals surface area (Å²) in [6.45, 7) is 1.54. The van der Waals surface area contributed by atoms with Crippen LogP contribution in [0.25, 0.3) is 0 Å². The van der Waals surface area contributed by atoms with Gasteiger partial charge in [0.1, 0.15) is 6.42 Å². The van der Waals surface area contributed by atoms with Gasteiger partial charge in [-0.25, -0.2) is 0 Å². The highest BCUT2D eigenvalue weighted by molar-refractivity contribution is 5.76. The Hall–Kier alpha value is -1.67. The van der Waals surface area contributed by atoms with E-state index >= 15 is 0 Å². The first-order chi connectivity index (χ1) is 11.9. The van der Waals surface area contributed by atoms with Gasteiger partial charge in [0.25, 0.3) is 0 Å². The number of rotatable bonds is 4. The first kappa shape index (κ1) is 18.1. The smallest absolute Gasteiger partial charge is 0.378 e. The fourth-order valence-corrected chi connectivity index (χ4v) is 3.77. The van der Waals surface area contributed by atoms with Crippen LogP contribution in [0.2, 0.25) is 0 Å². The van der Waals surface area contributed by atoms with Gasteiger partial charge in [-0.05, 0) is 30.5 Å². The minimum atomic E-state index is -4.44. The number of carbonyl (C=O) groups excluding carboxylic acids is 1. The molecule has 1 amide bonds. The molecule has 138 valence electrons. The van der Waals surface area contributed by atoms with Crippen LogP contribution >= 0.6 is 0 Å². The summed E-state index contributed by atoms with van der Waals surface area (Å²) >= 11 is 0. The number of hydrogen-bond donors (Lipinski definition) is 0. The van der Waals surface area contributed by atoms with E-state index in [0.717, 1.165) is 12.1 Å². The van der Waals surface area contributed by atoms with E-state index in [1.165, 1.54) is 4.90 Å². The molecule has 2 fully saturated rings. The van der Waals surface area contributed by atoms with Crippen molar-refractivity contribution in [3.05, 3.63) is 30.1 Å². The van der Waals surface area contributed by atoms with E-state index < -0.39 is 18.5 Å². The first-order valence-electron chi connectivity index (χ1n) is 8.42. The van der Waals surface area contributed by atoms with Crippen LogP contribution in [0.3, 0.4) is 0 Å². The van der Waals surface area contributed by atoms with Gasteiger partial charge in [-0.15, -0.1) is 0 Å². The molecule has 0 N–H and O–H groups in total. The van der Waals surface area contributed by atoms with Gasteiger partial charge >= 0.3 is 6.18 Å². The molecule has 1 aromatic rings. The van der Waals surface area contributed by atoms with Gasteiger partial charge in [0, 0.05) is 45.2 Å². The Morgan fingerprint density at radius 2 is 1.92 bits per heavy atom. The number of methoxy groups -OCH3 is 1. The maximum Gasteiger partial charge on any atom is 0.397 e. The van der Waals surface area contributed by atoms with Crippen molar-refractivity contribution in [2.24, 2.45) is 0 Å². The molecule has 3 heterocycles. The summed E-state index contributed by atoms with van der Waals surface area (Å²) < 4.78 is 42.7. The van der Waals surface area contributed by atoms with Crippen molar-refractivity contribution >= 4 is 5.91 Å². The molecule has 2 aliphatic rings. The third-order valence-corrected chi connectivity index (χ3v) is 5.09. The molecule has 25 heavy (non-hydrogen) atoms. The van der Waals surface area contributed by atoms with E-state index in [0.29, 0.717) is 25.9 Å². The number of hydrogen-bond acceptors (Lipinski definition) is 4. The largest absolute Gasteiger partial charge is 0.397 e. The number of ether oxygens (including phenoxy) is 1. The quantitative estimate of drug-likeness (QED) is 0.830. The predicted molar refractivity (Wildman–Crippen MR) is 84.8 cm³/mol. The summed E-state index contributed by atoms with van der Waals surface area (Å²) in [7, 11) is 1.69. The maximum atomic E-state index is 12.4. The second-order valence-corrected chi connectivity index (χ2v) is 6.60. The van der Waals surface area contributed by atoms with Crippen LogP contribution in [0.5, 0.6) is 0 Å². The van der Waals surface area contributed by atoms with E-state index in [2.05, 4.69) is 9.88 Å². The molecule has 0 unspecified atom stereocenters. The predicted octanol–water partition coefficient (Wildman–Crippen LogP) is 2.40. The Morgan fingerprint density at radius 1 is 1.28 bits per heavy atom. The highest BCUT2D eigenvalue weighted by Crippen LogP contribution is 2.39. The zero-order chi connectivity index (χ0) is 18.0. The zero-order valence-electron chi connectivity index (χ0n) is 14.1. The number of pyridine rings is 1. The van der Waals surface area contributed by atoms with Crippen LogP contribution in [0.1, 0.15) is 30.9 Å². The molecule has 0 bridgehead atoms. The van der Waals surface area contributed by atoms with Crippen molar-refractivity contribution in [3.8, 4) is 0 Å². The van der Waals surface area contributed by atoms with Gasteiger partial charge in [-0.1, -0.05) is 0 Å². The topological polar surface area (TPSA) is 45.7 Å². The van der Waals surface area contributed by atoms with Crippen molar-refractivity contribution in [3.63, 3.8) is 0 Å². The number of piperidine rings is 1. The van der Waals surface area contributed by atoms with Crippen molar-refractivity contribution in [1.82, 2.24) is 14.8 Å². The Labute approximate surface area is 144 Å². The van der Waals surface area contributed by atoms with E-state index in [1.807, 2.05) is 12.1 Å². The maximum absolute atomic E-state index is 12.4. The lowest BCUT2D eigenvalue weighted by Crippen LogP contribution is -2.60. The Kier molecular flexibility index (Phi) is 5.29. The minimum absolute atomic E-state index is 0.104. The molecule has 2 aliphatic heterocycles. The summed E-state index contributed by atoms with van der Waals surface area (Å²) in [5.74, 6) is -0.824. The number of halogens is 3. The lowest BCUT2D eigenvalue weighted by Gasteiger charge is -2.53. The lowest BCUT2D eigenvalue weighted by atomic mass is 9.87. The fourth-order valence-electron chi connectivity index (χ4n) is 3.77. The van der Waals surface area contributed by atoms with Crippen LogP contribution in [-0.4, -0.2) is 65.8 Å². The van der Waals surface area contributed by atoms with E-state index in [4.69, 9.17) is 4.74 Å². The fraction of sp³-hybridized carbons (Fsp3) is 0.647. The van der Waals surface area contributed by atoms with E-state index in [1.54, 1.807) is 19.5 Å². The zero-order valence-corrected chi connectivity index (χ0v) is 14.1. The third kappa shape index (κ3) is 4.12. The Morgan fingerprint density at radius 3 is 2.48 bits per heavy atom. The summed E-state index contributed by atoms with van der Waals surface area (Å²) in [5.41, 5.74) is 1.13. The molecule has 8 heteroatoms. The summed E-state index contributed by atoms with van der Waals surface area (Å²) in [4.78, 5) is 19.4. The normalized spacial score (nSPS) is 25.7. The lowest BCUT2D eigenvalue weighted by molar-refractivity contribution is -0.164. The summed E-state index contributed by atoms with van der Waals surface area (Å²) in [5, 5.41) is 0. The van der Waals surface area contributed by atoms with Crippen molar-refractivity contribution in [2.75, 3.05) is 26.7 Å². The van der Waals surface area contributed by atoms with Crippen LogP contribution in [0.15, 0.2) is 24.5 Å². The van der Waals surface area contributed by atoms with Gasteiger partial charge < -0.3 is 9.64 Å². The first-order valence-corrected chi connectivity index (χ1v) is 8.42. The Bertz CT molecular complexity index is 589. The van der Waals surface area contributed by atoms with Crippen molar-refractivity contribution in [2.45, 2.75) is 43.6 Å². The average molecular weight is 357 g/mol. The van der Waals surface area contributed by atoms with Gasteiger partial charge in [0.15, 0.2) is 0 Å². The number of aromatic nitrogens is 1. The number of carbonyl (C=O) groups is 1. The number of likely N-dealkylation sites (tertiary alicyclic amines) is 2. The van der Waals surface area contributed by atoms with Gasteiger partial charge in [0.05, 0.1) is 12.1 Å². The number of nitrogens with zero attached hydrogens (tertiary/aromatic N) is 3. The average Bonchev–Trinajstić information content (AvgIpc) is 2.54. The highest BCUT2D eigenvalue weighted by atomic mass is 19.4. The Balaban J connectivity index is 1.58. The molecule has 1 aromatic heterocycles. The van der Waals surface area contributed by atoms with Crippen molar-refractivity contribution < 1.29 is 22.7 Å². The molecule has 0 saturated carbocycles. The van der Waals surface area contributed by atoms with Gasteiger partial charge in [0.2, 0.25) is 5.91 Å². The van der Waals surface area contributed by atoms with E-state index in [9.17, 15) is 18.0 Å². The van der Waals surface area contributed by atoms with Crippen LogP contribution in [0.4, 0.5) is 13.2 Å². The van der Waals surface area contributed by atoms with Gasteiger partial charge in [-0.3, -0.25) is 14.7 Å². The monoisotopic (exact) mass is 357 g/mol. The molecular formula is C17H22F3N3O2. The SMILES string of the molecule is CO[C@H]1CN(C2CCN(C(=O)CC(F)(F)F)CC2)[C@H]1c1ccncc1. The van der Waals surface area contributed by atoms with Crippen molar-refractivity contribution in [1.29, 1.82) is 0 Å². The van der Waals surface area contributed by atoms with E-state index in [-0.39, 0.29) is 18.2 Å². The summed E-state index contributed by atoms with van der Waals surface area (Å²) in [6, 6.07) is 4.31. The summed E-state index contributed by atoms with van der Waals surface area (Å²) in [6.07, 6.45) is -0.847. The third-order valence-electron chi connectivity index (χ3n) is 5.09. The number of alkyl halides is 3. The molecule has 0 radical (unpaired) electrons. The molecule has 0 aliphatic carbocycles. The molecular weight excluding hydrogens is 335 g/mol. The second kappa shape index (κ2) is 7.29. The molecule has 0 aromatic carbocycles. The minimum Gasteiger partial charge on any atom is -0.378 e. The molecule has 5 nitrogen and oxygen atoms in total. The molecule has 2 atom stereocenters. The second-order valence-electron chi connectivity index (χ2n) is 6.60. The van der Waals surface area contributed by atoms with Gasteiger partial charge in [-0.2, -0.15) is 13.2 Å². The van der Waals surface area contributed by atoms with Crippen LogP contribution in [-0.2, 0) is 9.53 Å². The molecule has 2 saturated heterocycles. The number of amides is 1. The van der Waals surface area contributed by atoms with Crippen LogP contribution < -0.4 is 0 Å². The molecule has 3 rings (SSSR count).